The molecule has 0 saturated heterocycles. The minimum absolute atomic E-state index is 0.691. The fourth-order valence-corrected chi connectivity index (χ4v) is 4.03. The molecule has 0 saturated carbocycles. The van der Waals surface area contributed by atoms with E-state index in [1.54, 1.807) is 0 Å². The summed E-state index contributed by atoms with van der Waals surface area (Å²) in [5.74, 6) is 0. The summed E-state index contributed by atoms with van der Waals surface area (Å²) in [5.41, 5.74) is 5.15. The van der Waals surface area contributed by atoms with Crippen molar-refractivity contribution in [3.63, 3.8) is 0 Å². The summed E-state index contributed by atoms with van der Waals surface area (Å²) in [6.45, 7) is 8.50. The van der Waals surface area contributed by atoms with Gasteiger partial charge in [-0.25, -0.2) is 0 Å². The van der Waals surface area contributed by atoms with Crippen LogP contribution in [0.4, 0.5) is 5.69 Å². The first-order valence-electron chi connectivity index (χ1n) is 5.01. The van der Waals surface area contributed by atoms with Crippen molar-refractivity contribution in [3.05, 3.63) is 41.0 Å². The van der Waals surface area contributed by atoms with Gasteiger partial charge >= 0.3 is 100 Å². The molecule has 0 atom stereocenters. The van der Waals surface area contributed by atoms with Gasteiger partial charge in [-0.15, -0.1) is 0 Å². The normalized spacial score (nSPS) is 9.33. The van der Waals surface area contributed by atoms with Crippen molar-refractivity contribution in [2.24, 2.45) is 3.50 Å². The molecule has 1 nitrogen and oxygen atoms in total. The Hall–Kier alpha value is -0.682. The van der Waals surface area contributed by atoms with Crippen LogP contribution in [-0.2, 0) is 17.9 Å². The van der Waals surface area contributed by atoms with Crippen LogP contribution in [-0.4, -0.2) is 4.40 Å². The fourth-order valence-electron chi connectivity index (χ4n) is 1.20. The Kier molecular flexibility index (Phi) is 4.97. The number of allylic oxidation sites excluding steroid dienone is 2. The third-order valence-electron chi connectivity index (χ3n) is 2.05. The molecule has 1 rings (SSSR count). The van der Waals surface area contributed by atoms with Gasteiger partial charge in [0.2, 0.25) is 0 Å². The first-order chi connectivity index (χ1) is 7.11. The van der Waals surface area contributed by atoms with E-state index in [1.807, 2.05) is 0 Å². The molecule has 0 spiro atoms. The second-order valence-corrected chi connectivity index (χ2v) is 6.21. The molecule has 0 radical (unpaired) electrons. The van der Waals surface area contributed by atoms with Gasteiger partial charge in [0.25, 0.3) is 0 Å². The Morgan fingerprint density at radius 2 is 1.80 bits per heavy atom. The van der Waals surface area contributed by atoms with Crippen molar-refractivity contribution in [2.45, 2.75) is 27.7 Å². The molecule has 1 aromatic rings. The molecule has 15 heavy (non-hydrogen) atoms. The molecule has 0 aliphatic heterocycles. The summed E-state index contributed by atoms with van der Waals surface area (Å²) in [6, 6.07) is 6.35. The molecule has 2 heteroatoms. The molecule has 0 amide bonds. The molecule has 80 valence electrons. The zero-order valence-corrected chi connectivity index (χ0v) is 12.7. The number of hydrogen-bond acceptors (Lipinski definition) is 1. The number of aryl methyl sites for hydroxylation is 2. The number of benzene rings is 1. The van der Waals surface area contributed by atoms with Crippen molar-refractivity contribution < 1.29 is 17.9 Å². The monoisotopic (exact) mass is 371 g/mol. The fraction of sp³-hybridized carbons (Fsp3) is 0.308. The topological polar surface area (TPSA) is 12.4 Å². The van der Waals surface area contributed by atoms with Crippen molar-refractivity contribution in [3.8, 4) is 0 Å². The Morgan fingerprint density at radius 3 is 2.33 bits per heavy atom. The zero-order chi connectivity index (χ0) is 11.3. The van der Waals surface area contributed by atoms with E-state index in [0.717, 1.165) is 0 Å². The standard InChI is InChI=1S/C8H9N.C5H8.W/c1-6-4-3-5-7(2)8(6)9;1-4-5(2)3;/h3-5H,1-2H3;1,4H,2-3H3;. The number of nitrogens with zero attached hydrogens (tertiary/aromatic N) is 1. The summed E-state index contributed by atoms with van der Waals surface area (Å²) < 4.78 is 7.01. The van der Waals surface area contributed by atoms with Crippen LogP contribution in [0.1, 0.15) is 25.0 Å². The van der Waals surface area contributed by atoms with Gasteiger partial charge in [0.15, 0.2) is 0 Å². The van der Waals surface area contributed by atoms with Crippen molar-refractivity contribution in [1.82, 2.24) is 0 Å². The van der Waals surface area contributed by atoms with Crippen molar-refractivity contribution >= 4 is 10.1 Å². The Bertz CT molecular complexity index is 414. The van der Waals surface area contributed by atoms with Crippen LogP contribution in [0, 0.1) is 13.8 Å². The van der Waals surface area contributed by atoms with Crippen LogP contribution in [0.2, 0.25) is 0 Å². The summed E-state index contributed by atoms with van der Waals surface area (Å²) in [7, 11) is 0. The molecular formula is C13H17NW. The average molecular weight is 371 g/mol. The summed E-state index contributed by atoms with van der Waals surface area (Å²) in [6.07, 6.45) is 2.18. The third kappa shape index (κ3) is 4.13. The predicted molar refractivity (Wildman–Crippen MR) is 63.5 cm³/mol. The van der Waals surface area contributed by atoms with Crippen LogP contribution in [0.3, 0.4) is 0 Å². The molecular weight excluding hydrogens is 354 g/mol. The van der Waals surface area contributed by atoms with Crippen LogP contribution in [0.25, 0.3) is 0 Å². The van der Waals surface area contributed by atoms with E-state index in [1.165, 1.54) is 22.4 Å². The van der Waals surface area contributed by atoms with E-state index in [4.69, 9.17) is 3.50 Å². The van der Waals surface area contributed by atoms with E-state index in [0.29, 0.717) is 0 Å². The minimum atomic E-state index is -0.691. The zero-order valence-electron chi connectivity index (χ0n) is 9.74. The van der Waals surface area contributed by atoms with Gasteiger partial charge in [-0.05, 0) is 0 Å². The van der Waals surface area contributed by atoms with Gasteiger partial charge in [0.1, 0.15) is 0 Å². The van der Waals surface area contributed by atoms with Gasteiger partial charge < -0.3 is 0 Å². The average Bonchev–Trinajstić information content (AvgIpc) is 2.15. The molecule has 0 aliphatic carbocycles. The first-order valence-corrected chi connectivity index (χ1v) is 8.01. The van der Waals surface area contributed by atoms with Crippen LogP contribution < -0.4 is 0 Å². The summed E-state index contributed by atoms with van der Waals surface area (Å²) in [5, 5.41) is 0. The quantitative estimate of drug-likeness (QED) is 0.746. The number of hydrogen-bond donors (Lipinski definition) is 0. The van der Waals surface area contributed by atoms with Crippen LogP contribution >= 0.6 is 0 Å². The molecule has 0 unspecified atom stereocenters. The molecule has 0 aliphatic rings. The Labute approximate surface area is 100 Å². The molecule has 0 heterocycles. The van der Waals surface area contributed by atoms with Gasteiger partial charge in [0, 0.05) is 0 Å². The van der Waals surface area contributed by atoms with Gasteiger partial charge in [-0.1, -0.05) is 0 Å². The second-order valence-electron chi connectivity index (χ2n) is 3.82. The van der Waals surface area contributed by atoms with E-state index < -0.39 is 17.9 Å². The van der Waals surface area contributed by atoms with Gasteiger partial charge in [-0.3, -0.25) is 0 Å². The Balaban J connectivity index is 2.99. The van der Waals surface area contributed by atoms with Crippen LogP contribution in [0.5, 0.6) is 0 Å². The van der Waals surface area contributed by atoms with E-state index >= 15 is 0 Å². The molecule has 0 bridgehead atoms. The maximum atomic E-state index is 4.74. The predicted octanol–water partition coefficient (Wildman–Crippen LogP) is 3.97. The third-order valence-corrected chi connectivity index (χ3v) is 4.01. The van der Waals surface area contributed by atoms with E-state index in [2.05, 4.69) is 56.4 Å². The molecule has 0 N–H and O–H groups in total. The van der Waals surface area contributed by atoms with Crippen molar-refractivity contribution in [2.75, 3.05) is 0 Å². The number of rotatable bonds is 2. The first kappa shape index (κ1) is 12.4. The van der Waals surface area contributed by atoms with Gasteiger partial charge in [-0.2, -0.15) is 0 Å². The molecule has 1 aromatic carbocycles. The SMILES string of the molecule is CC(C)=C[CH]=[W]=[N]c1c(C)cccc1C. The van der Waals surface area contributed by atoms with Crippen molar-refractivity contribution in [1.29, 1.82) is 0 Å². The molecule has 0 aromatic heterocycles. The maximum absolute atomic E-state index is 4.74. The van der Waals surface area contributed by atoms with E-state index in [9.17, 15) is 0 Å². The summed E-state index contributed by atoms with van der Waals surface area (Å²) in [4.78, 5) is 0. The molecule has 0 fully saturated rings. The second kappa shape index (κ2) is 6.02. The Morgan fingerprint density at radius 1 is 1.20 bits per heavy atom. The summed E-state index contributed by atoms with van der Waals surface area (Å²) >= 11 is -0.691. The van der Waals surface area contributed by atoms with Gasteiger partial charge in [0.05, 0.1) is 0 Å². The van der Waals surface area contributed by atoms with Crippen LogP contribution in [0.15, 0.2) is 33.3 Å². The van der Waals surface area contributed by atoms with E-state index in [-0.39, 0.29) is 0 Å².